The molecule has 6 heteroatoms. The molecule has 1 heterocycles. The van der Waals surface area contributed by atoms with Crippen LogP contribution in [0.15, 0.2) is 12.3 Å². The normalized spacial score (nSPS) is 21.2. The Morgan fingerprint density at radius 1 is 1.58 bits per heavy atom. The number of carbonyl (C=O) groups excluding carboxylic acids is 1. The number of hydrogen-bond acceptors (Lipinski definition) is 4. The molecule has 19 heavy (non-hydrogen) atoms. The first-order chi connectivity index (χ1) is 8.93. The van der Waals surface area contributed by atoms with E-state index in [2.05, 4.69) is 29.6 Å². The smallest absolute Gasteiger partial charge is 0.254 e. The van der Waals surface area contributed by atoms with Crippen molar-refractivity contribution in [3.63, 3.8) is 0 Å². The van der Waals surface area contributed by atoms with Gasteiger partial charge in [-0.3, -0.25) is 4.79 Å². The summed E-state index contributed by atoms with van der Waals surface area (Å²) in [4.78, 5) is 15.8. The summed E-state index contributed by atoms with van der Waals surface area (Å²) in [7, 11) is 0. The van der Waals surface area contributed by atoms with Crippen LogP contribution < -0.4 is 16.6 Å². The number of nitrogens with two attached hydrogens (primary N) is 1. The maximum atomic E-state index is 13.9. The number of nitrogen functional groups attached to an aromatic ring is 1. The van der Waals surface area contributed by atoms with Crippen LogP contribution in [0.2, 0.25) is 0 Å². The van der Waals surface area contributed by atoms with Gasteiger partial charge < -0.3 is 10.7 Å². The zero-order chi connectivity index (χ0) is 14.0. The fourth-order valence-electron chi connectivity index (χ4n) is 2.54. The van der Waals surface area contributed by atoms with Gasteiger partial charge >= 0.3 is 0 Å². The zero-order valence-electron chi connectivity index (χ0n) is 11.2. The predicted molar refractivity (Wildman–Crippen MR) is 70.9 cm³/mol. The number of nitrogens with zero attached hydrogens (tertiary/aromatic N) is 1. The molecule has 5 nitrogen and oxygen atoms in total. The molecule has 1 aliphatic rings. The van der Waals surface area contributed by atoms with Crippen LogP contribution >= 0.6 is 0 Å². The van der Waals surface area contributed by atoms with Gasteiger partial charge in [0.25, 0.3) is 5.91 Å². The van der Waals surface area contributed by atoms with E-state index in [1.165, 1.54) is 12.3 Å². The van der Waals surface area contributed by atoms with Gasteiger partial charge in [-0.05, 0) is 30.7 Å². The molecule has 104 valence electrons. The van der Waals surface area contributed by atoms with Crippen molar-refractivity contribution >= 4 is 11.7 Å². The molecule has 2 rings (SSSR count). The topological polar surface area (TPSA) is 80.0 Å². The Balaban J connectivity index is 2.09. The second-order valence-corrected chi connectivity index (χ2v) is 5.74. The minimum absolute atomic E-state index is 0.0346. The van der Waals surface area contributed by atoms with Gasteiger partial charge in [-0.2, -0.15) is 0 Å². The number of hydrogen-bond donors (Lipinski definition) is 3. The standard InChI is InChI=1S/C13H19FN4O/c1-13(2)5-3-8(7-13)17-12(19)9-4-6-16-11(18-15)10(9)14/h4,6,8H,3,5,7,15H2,1-2H3,(H,16,18)(H,17,19). The third-order valence-corrected chi connectivity index (χ3v) is 3.57. The second kappa shape index (κ2) is 5.13. The predicted octanol–water partition coefficient (Wildman–Crippen LogP) is 1.81. The first kappa shape index (κ1) is 13.7. The number of hydrazine groups is 1. The fraction of sp³-hybridized carbons (Fsp3) is 0.538. The molecule has 1 aromatic rings. The average Bonchev–Trinajstić information content (AvgIpc) is 2.68. The highest BCUT2D eigenvalue weighted by atomic mass is 19.1. The maximum Gasteiger partial charge on any atom is 0.254 e. The van der Waals surface area contributed by atoms with Crippen molar-refractivity contribution in [3.05, 3.63) is 23.6 Å². The molecule has 1 aliphatic carbocycles. The Hall–Kier alpha value is -1.69. The summed E-state index contributed by atoms with van der Waals surface area (Å²) in [6.07, 6.45) is 4.25. The van der Waals surface area contributed by atoms with Crippen molar-refractivity contribution in [2.24, 2.45) is 11.3 Å². The van der Waals surface area contributed by atoms with E-state index in [-0.39, 0.29) is 22.8 Å². The SMILES string of the molecule is CC1(C)CCC(NC(=O)c2ccnc(NN)c2F)C1. The Bertz CT molecular complexity index is 490. The van der Waals surface area contributed by atoms with Crippen molar-refractivity contribution in [1.82, 2.24) is 10.3 Å². The largest absolute Gasteiger partial charge is 0.349 e. The Morgan fingerprint density at radius 2 is 2.32 bits per heavy atom. The molecule has 0 aromatic carbocycles. The minimum atomic E-state index is -0.722. The third kappa shape index (κ3) is 3.01. The van der Waals surface area contributed by atoms with Gasteiger partial charge in [0.2, 0.25) is 0 Å². The highest BCUT2D eigenvalue weighted by molar-refractivity contribution is 5.95. The Kier molecular flexibility index (Phi) is 3.71. The molecule has 1 amide bonds. The van der Waals surface area contributed by atoms with Crippen molar-refractivity contribution in [1.29, 1.82) is 0 Å². The number of pyridine rings is 1. The second-order valence-electron chi connectivity index (χ2n) is 5.74. The summed E-state index contributed by atoms with van der Waals surface area (Å²) < 4.78 is 13.9. The zero-order valence-corrected chi connectivity index (χ0v) is 11.2. The lowest BCUT2D eigenvalue weighted by Crippen LogP contribution is -2.34. The monoisotopic (exact) mass is 266 g/mol. The van der Waals surface area contributed by atoms with Crippen molar-refractivity contribution in [2.75, 3.05) is 5.43 Å². The molecule has 1 unspecified atom stereocenters. The van der Waals surface area contributed by atoms with Crippen LogP contribution in [0, 0.1) is 11.2 Å². The molecule has 4 N–H and O–H groups in total. The highest BCUT2D eigenvalue weighted by Crippen LogP contribution is 2.37. The van der Waals surface area contributed by atoms with Crippen LogP contribution in [0.4, 0.5) is 10.2 Å². The van der Waals surface area contributed by atoms with E-state index >= 15 is 0 Å². The maximum absolute atomic E-state index is 13.9. The number of rotatable bonds is 3. The first-order valence-corrected chi connectivity index (χ1v) is 6.35. The van der Waals surface area contributed by atoms with E-state index in [0.29, 0.717) is 0 Å². The van der Waals surface area contributed by atoms with E-state index in [1.807, 2.05) is 0 Å². The summed E-state index contributed by atoms with van der Waals surface area (Å²) in [5, 5.41) is 2.87. The van der Waals surface area contributed by atoms with Crippen LogP contribution in [0.5, 0.6) is 0 Å². The molecule has 0 bridgehead atoms. The lowest BCUT2D eigenvalue weighted by molar-refractivity contribution is 0.0932. The van der Waals surface area contributed by atoms with Crippen molar-refractivity contribution in [3.8, 4) is 0 Å². The number of carbonyl (C=O) groups is 1. The van der Waals surface area contributed by atoms with E-state index in [0.717, 1.165) is 19.3 Å². The van der Waals surface area contributed by atoms with Crippen LogP contribution in [-0.4, -0.2) is 16.9 Å². The van der Waals surface area contributed by atoms with Gasteiger partial charge in [-0.15, -0.1) is 0 Å². The molecule has 1 atom stereocenters. The quantitative estimate of drug-likeness (QED) is 0.576. The van der Waals surface area contributed by atoms with Gasteiger partial charge in [-0.1, -0.05) is 13.8 Å². The van der Waals surface area contributed by atoms with Crippen molar-refractivity contribution in [2.45, 2.75) is 39.2 Å². The van der Waals surface area contributed by atoms with Gasteiger partial charge in [0, 0.05) is 12.2 Å². The third-order valence-electron chi connectivity index (χ3n) is 3.57. The molecule has 0 spiro atoms. The molecular weight excluding hydrogens is 247 g/mol. The lowest BCUT2D eigenvalue weighted by atomic mass is 9.92. The van der Waals surface area contributed by atoms with Gasteiger partial charge in [-0.25, -0.2) is 15.2 Å². The highest BCUT2D eigenvalue weighted by Gasteiger charge is 2.32. The summed E-state index contributed by atoms with van der Waals surface area (Å²) in [5.74, 6) is 3.87. The summed E-state index contributed by atoms with van der Waals surface area (Å²) in [6, 6.07) is 1.45. The van der Waals surface area contributed by atoms with E-state index in [9.17, 15) is 9.18 Å². The molecule has 0 saturated heterocycles. The minimum Gasteiger partial charge on any atom is -0.349 e. The summed E-state index contributed by atoms with van der Waals surface area (Å²) in [6.45, 7) is 4.34. The number of halogens is 1. The number of nitrogens with one attached hydrogen (secondary N) is 2. The number of aromatic nitrogens is 1. The van der Waals surface area contributed by atoms with Crippen LogP contribution in [0.1, 0.15) is 43.5 Å². The van der Waals surface area contributed by atoms with Gasteiger partial charge in [0.1, 0.15) is 0 Å². The van der Waals surface area contributed by atoms with Crippen LogP contribution in [-0.2, 0) is 0 Å². The Labute approximate surface area is 111 Å². The van der Waals surface area contributed by atoms with Gasteiger partial charge in [0.15, 0.2) is 11.6 Å². The van der Waals surface area contributed by atoms with Gasteiger partial charge in [0.05, 0.1) is 5.56 Å². The molecule has 1 aromatic heterocycles. The number of amides is 1. The molecule has 0 aliphatic heterocycles. The molecule has 0 radical (unpaired) electrons. The number of anilines is 1. The summed E-state index contributed by atoms with van der Waals surface area (Å²) in [5.41, 5.74) is 2.33. The summed E-state index contributed by atoms with van der Waals surface area (Å²) >= 11 is 0. The molecular formula is C13H19FN4O. The van der Waals surface area contributed by atoms with E-state index in [4.69, 9.17) is 5.84 Å². The molecule has 1 fully saturated rings. The lowest BCUT2D eigenvalue weighted by Gasteiger charge is -2.18. The Morgan fingerprint density at radius 3 is 2.89 bits per heavy atom. The fourth-order valence-corrected chi connectivity index (χ4v) is 2.54. The van der Waals surface area contributed by atoms with E-state index < -0.39 is 11.7 Å². The average molecular weight is 266 g/mol. The molecule has 1 saturated carbocycles. The van der Waals surface area contributed by atoms with Crippen molar-refractivity contribution < 1.29 is 9.18 Å². The van der Waals surface area contributed by atoms with Crippen LogP contribution in [0.3, 0.4) is 0 Å². The van der Waals surface area contributed by atoms with E-state index in [1.54, 1.807) is 0 Å². The van der Waals surface area contributed by atoms with Crippen LogP contribution in [0.25, 0.3) is 0 Å². The first-order valence-electron chi connectivity index (χ1n) is 6.35.